The Balaban J connectivity index is 3.28. The van der Waals surface area contributed by atoms with Crippen LogP contribution in [0.2, 0.25) is 0 Å². The van der Waals surface area contributed by atoms with Crippen molar-refractivity contribution in [1.82, 2.24) is 4.98 Å². The van der Waals surface area contributed by atoms with Gasteiger partial charge in [-0.1, -0.05) is 0 Å². The Kier molecular flexibility index (Phi) is 2.62. The van der Waals surface area contributed by atoms with Gasteiger partial charge in [0.05, 0.1) is 0 Å². The fourth-order valence-electron chi connectivity index (χ4n) is 0.653. The van der Waals surface area contributed by atoms with E-state index in [1.54, 1.807) is 0 Å². The van der Waals surface area contributed by atoms with Crippen molar-refractivity contribution in [2.75, 3.05) is 0 Å². The van der Waals surface area contributed by atoms with E-state index >= 15 is 0 Å². The first-order valence-electron chi connectivity index (χ1n) is 2.85. The molecule has 0 aliphatic rings. The number of alkyl halides is 3. The monoisotopic (exact) mass is 274 g/mol. The SMILES string of the molecule is NC(=O)c1sc(Br)nc1C(F)(F)F. The molecule has 0 aromatic carbocycles. The van der Waals surface area contributed by atoms with Gasteiger partial charge >= 0.3 is 6.18 Å². The highest BCUT2D eigenvalue weighted by atomic mass is 79.9. The average Bonchev–Trinajstić information content (AvgIpc) is 2.29. The Hall–Kier alpha value is -0.630. The van der Waals surface area contributed by atoms with Crippen molar-refractivity contribution in [3.05, 3.63) is 14.5 Å². The largest absolute Gasteiger partial charge is 0.435 e. The van der Waals surface area contributed by atoms with E-state index in [9.17, 15) is 18.0 Å². The van der Waals surface area contributed by atoms with E-state index in [0.717, 1.165) is 0 Å². The number of nitrogens with two attached hydrogens (primary N) is 1. The highest BCUT2D eigenvalue weighted by Gasteiger charge is 2.38. The predicted molar refractivity (Wildman–Crippen MR) is 43.3 cm³/mol. The Bertz CT molecular complexity index is 348. The summed E-state index contributed by atoms with van der Waals surface area (Å²) in [7, 11) is 0. The number of carbonyl (C=O) groups excluding carboxylic acids is 1. The third kappa shape index (κ3) is 2.19. The number of primary amides is 1. The summed E-state index contributed by atoms with van der Waals surface area (Å²) in [5.74, 6) is -1.13. The summed E-state index contributed by atoms with van der Waals surface area (Å²) in [6.45, 7) is 0. The van der Waals surface area contributed by atoms with Gasteiger partial charge in [0.15, 0.2) is 9.61 Å². The van der Waals surface area contributed by atoms with Crippen molar-refractivity contribution in [3.63, 3.8) is 0 Å². The zero-order chi connectivity index (χ0) is 10.2. The maximum Gasteiger partial charge on any atom is 0.435 e. The number of rotatable bonds is 1. The van der Waals surface area contributed by atoms with Crippen LogP contribution in [-0.4, -0.2) is 10.9 Å². The average molecular weight is 275 g/mol. The molecule has 1 rings (SSSR count). The molecule has 1 amide bonds. The second-order valence-corrected chi connectivity index (χ2v) is 4.28. The van der Waals surface area contributed by atoms with Gasteiger partial charge in [0.25, 0.3) is 5.91 Å². The van der Waals surface area contributed by atoms with E-state index in [2.05, 4.69) is 20.9 Å². The first-order chi connectivity index (χ1) is 5.82. The summed E-state index contributed by atoms with van der Waals surface area (Å²) in [6.07, 6.45) is -4.65. The molecule has 0 radical (unpaired) electrons. The van der Waals surface area contributed by atoms with E-state index in [1.165, 1.54) is 0 Å². The first kappa shape index (κ1) is 10.5. The molecule has 8 heteroatoms. The van der Waals surface area contributed by atoms with Crippen LogP contribution in [0.1, 0.15) is 15.4 Å². The molecule has 2 N–H and O–H groups in total. The molecule has 0 saturated carbocycles. The lowest BCUT2D eigenvalue weighted by molar-refractivity contribution is -0.141. The lowest BCUT2D eigenvalue weighted by Gasteiger charge is -2.02. The van der Waals surface area contributed by atoms with Gasteiger partial charge < -0.3 is 5.73 Å². The van der Waals surface area contributed by atoms with Gasteiger partial charge in [-0.05, 0) is 15.9 Å². The van der Waals surface area contributed by atoms with E-state index in [0.29, 0.717) is 11.3 Å². The van der Waals surface area contributed by atoms with Gasteiger partial charge in [-0.2, -0.15) is 13.2 Å². The zero-order valence-corrected chi connectivity index (χ0v) is 8.26. The maximum absolute atomic E-state index is 12.1. The summed E-state index contributed by atoms with van der Waals surface area (Å²) in [6, 6.07) is 0. The summed E-state index contributed by atoms with van der Waals surface area (Å²) >= 11 is 3.30. The van der Waals surface area contributed by atoms with Crippen molar-refractivity contribution < 1.29 is 18.0 Å². The molecule has 0 atom stereocenters. The van der Waals surface area contributed by atoms with Gasteiger partial charge in [-0.15, -0.1) is 11.3 Å². The van der Waals surface area contributed by atoms with Gasteiger partial charge in [-0.25, -0.2) is 4.98 Å². The second-order valence-electron chi connectivity index (χ2n) is 2.01. The van der Waals surface area contributed by atoms with Crippen molar-refractivity contribution in [2.45, 2.75) is 6.18 Å². The fourth-order valence-corrected chi connectivity index (χ4v) is 1.98. The van der Waals surface area contributed by atoms with Gasteiger partial charge in [0.2, 0.25) is 0 Å². The highest BCUT2D eigenvalue weighted by Crippen LogP contribution is 2.35. The Morgan fingerprint density at radius 3 is 2.38 bits per heavy atom. The van der Waals surface area contributed by atoms with Crippen LogP contribution in [0.25, 0.3) is 0 Å². The Morgan fingerprint density at radius 2 is 2.08 bits per heavy atom. The fraction of sp³-hybridized carbons (Fsp3) is 0.200. The molecule has 13 heavy (non-hydrogen) atoms. The minimum Gasteiger partial charge on any atom is -0.365 e. The molecule has 0 unspecified atom stereocenters. The smallest absolute Gasteiger partial charge is 0.365 e. The van der Waals surface area contributed by atoms with E-state index in [1.807, 2.05) is 0 Å². The van der Waals surface area contributed by atoms with E-state index < -0.39 is 22.7 Å². The number of hydrogen-bond acceptors (Lipinski definition) is 3. The van der Waals surface area contributed by atoms with Gasteiger partial charge in [-0.3, -0.25) is 4.79 Å². The third-order valence-electron chi connectivity index (χ3n) is 1.09. The number of aromatic nitrogens is 1. The van der Waals surface area contributed by atoms with Crippen LogP contribution in [0.3, 0.4) is 0 Å². The molecule has 0 aliphatic carbocycles. The molecule has 0 saturated heterocycles. The first-order valence-corrected chi connectivity index (χ1v) is 4.46. The molecule has 0 spiro atoms. The second kappa shape index (κ2) is 3.26. The van der Waals surface area contributed by atoms with Gasteiger partial charge in [0, 0.05) is 0 Å². The summed E-state index contributed by atoms with van der Waals surface area (Å²) in [5.41, 5.74) is 3.50. The summed E-state index contributed by atoms with van der Waals surface area (Å²) in [4.78, 5) is 13.1. The van der Waals surface area contributed by atoms with Crippen molar-refractivity contribution in [1.29, 1.82) is 0 Å². The summed E-state index contributed by atoms with van der Waals surface area (Å²) < 4.78 is 36.4. The van der Waals surface area contributed by atoms with Crippen LogP contribution in [0, 0.1) is 0 Å². The van der Waals surface area contributed by atoms with Crippen LogP contribution in [0.5, 0.6) is 0 Å². The minimum atomic E-state index is -4.65. The normalized spacial score (nSPS) is 11.7. The van der Waals surface area contributed by atoms with E-state index in [4.69, 9.17) is 5.73 Å². The molecule has 72 valence electrons. The highest BCUT2D eigenvalue weighted by molar-refractivity contribution is 9.11. The molecule has 3 nitrogen and oxygen atoms in total. The summed E-state index contributed by atoms with van der Waals surface area (Å²) in [5, 5.41) is 0. The molecule has 0 fully saturated rings. The number of amides is 1. The molecular weight excluding hydrogens is 273 g/mol. The van der Waals surface area contributed by atoms with Crippen molar-refractivity contribution in [2.24, 2.45) is 5.73 Å². The number of carbonyl (C=O) groups is 1. The van der Waals surface area contributed by atoms with Crippen molar-refractivity contribution >= 4 is 33.2 Å². The Labute approximate surface area is 82.9 Å². The number of thiazole rings is 1. The molecule has 0 aliphatic heterocycles. The van der Waals surface area contributed by atoms with Crippen LogP contribution in [0.4, 0.5) is 13.2 Å². The van der Waals surface area contributed by atoms with Crippen molar-refractivity contribution in [3.8, 4) is 0 Å². The number of nitrogens with zero attached hydrogens (tertiary/aromatic N) is 1. The molecule has 1 heterocycles. The molecular formula is C5H2BrF3N2OS. The molecule has 1 aromatic rings. The van der Waals surface area contributed by atoms with Crippen LogP contribution >= 0.6 is 27.3 Å². The van der Waals surface area contributed by atoms with Crippen LogP contribution in [0.15, 0.2) is 3.92 Å². The quantitative estimate of drug-likeness (QED) is 0.852. The standard InChI is InChI=1S/C5H2BrF3N2OS/c6-4-11-2(5(7,8)9)1(13-4)3(10)12/h(H2,10,12). The predicted octanol–water partition coefficient (Wildman–Crippen LogP) is 2.02. The van der Waals surface area contributed by atoms with Crippen LogP contribution in [-0.2, 0) is 6.18 Å². The Morgan fingerprint density at radius 1 is 1.54 bits per heavy atom. The lowest BCUT2D eigenvalue weighted by Crippen LogP contribution is -2.16. The molecule has 1 aromatic heterocycles. The van der Waals surface area contributed by atoms with Gasteiger partial charge in [0.1, 0.15) is 4.88 Å². The minimum absolute atomic E-state index is 0.0198. The lowest BCUT2D eigenvalue weighted by atomic mass is 10.3. The third-order valence-corrected chi connectivity index (χ3v) is 2.61. The number of halogens is 4. The van der Waals surface area contributed by atoms with E-state index in [-0.39, 0.29) is 3.92 Å². The maximum atomic E-state index is 12.1. The molecule has 0 bridgehead atoms. The van der Waals surface area contributed by atoms with Crippen LogP contribution < -0.4 is 5.73 Å². The number of hydrogen-bond donors (Lipinski definition) is 1. The zero-order valence-electron chi connectivity index (χ0n) is 5.85. The topological polar surface area (TPSA) is 56.0 Å².